The molecule has 2 nitrogen and oxygen atoms in total. The summed E-state index contributed by atoms with van der Waals surface area (Å²) in [6.07, 6.45) is 0. The van der Waals surface area contributed by atoms with Crippen LogP contribution in [-0.2, 0) is 5.41 Å². The lowest BCUT2D eigenvalue weighted by molar-refractivity contribution is 0.669. The van der Waals surface area contributed by atoms with Crippen LogP contribution in [0.4, 0.5) is 17.1 Å². The van der Waals surface area contributed by atoms with Crippen molar-refractivity contribution in [3.63, 3.8) is 0 Å². The van der Waals surface area contributed by atoms with Gasteiger partial charge in [0.15, 0.2) is 0 Å². The Bertz CT molecular complexity index is 3790. The first kappa shape index (κ1) is 40.3. The lowest BCUT2D eigenvalue weighted by Crippen LogP contribution is -2.28. The number of hydrogen-bond acceptors (Lipinski definition) is 2. The number of benzene rings is 11. The fourth-order valence-electron chi connectivity index (χ4n) is 11.2. The van der Waals surface area contributed by atoms with Gasteiger partial charge in [-0.1, -0.05) is 237 Å². The monoisotopic (exact) mass is 879 g/mol. The predicted octanol–water partition coefficient (Wildman–Crippen LogP) is 18.1. The van der Waals surface area contributed by atoms with Crippen LogP contribution in [-0.4, -0.2) is 0 Å². The van der Waals surface area contributed by atoms with Crippen molar-refractivity contribution in [3.8, 4) is 55.6 Å². The average molecular weight is 880 g/mol. The molecule has 1 aromatic heterocycles. The van der Waals surface area contributed by atoms with Gasteiger partial charge in [0.1, 0.15) is 11.2 Å². The molecule has 0 amide bonds. The Hall–Kier alpha value is -8.98. The van der Waals surface area contributed by atoms with Crippen molar-refractivity contribution in [3.05, 3.63) is 295 Å². The number of fused-ring (bicyclic) bond motifs is 6. The van der Waals surface area contributed by atoms with E-state index in [4.69, 9.17) is 4.42 Å². The Labute approximate surface area is 402 Å². The Kier molecular flexibility index (Phi) is 9.77. The van der Waals surface area contributed by atoms with E-state index >= 15 is 0 Å². The van der Waals surface area contributed by atoms with Crippen molar-refractivity contribution in [1.82, 2.24) is 0 Å². The summed E-state index contributed by atoms with van der Waals surface area (Å²) in [4.78, 5) is 2.50. The zero-order chi connectivity index (χ0) is 45.7. The summed E-state index contributed by atoms with van der Waals surface area (Å²) in [5.41, 5.74) is 21.2. The average Bonchev–Trinajstić information content (AvgIpc) is 3.96. The fourth-order valence-corrected chi connectivity index (χ4v) is 11.2. The van der Waals surface area contributed by atoms with Crippen molar-refractivity contribution in [2.24, 2.45) is 0 Å². The molecule has 0 spiro atoms. The van der Waals surface area contributed by atoms with Gasteiger partial charge < -0.3 is 9.32 Å². The summed E-state index contributed by atoms with van der Waals surface area (Å²) in [6.45, 7) is 0. The molecule has 69 heavy (non-hydrogen) atoms. The van der Waals surface area contributed by atoms with E-state index in [9.17, 15) is 0 Å². The van der Waals surface area contributed by atoms with Crippen LogP contribution < -0.4 is 4.90 Å². The van der Waals surface area contributed by atoms with E-state index < -0.39 is 5.41 Å². The molecule has 0 atom stereocenters. The molecule has 0 saturated heterocycles. The molecule has 1 aliphatic carbocycles. The number of furan rings is 1. The molecule has 1 aliphatic rings. The van der Waals surface area contributed by atoms with Gasteiger partial charge in [-0.25, -0.2) is 0 Å². The van der Waals surface area contributed by atoms with E-state index in [1.807, 2.05) is 12.1 Å². The molecule has 0 aliphatic heterocycles. The second kappa shape index (κ2) is 16.7. The lowest BCUT2D eigenvalue weighted by Gasteiger charge is -2.34. The second-order valence-corrected chi connectivity index (χ2v) is 17.9. The molecule has 0 N–H and O–H groups in total. The van der Waals surface area contributed by atoms with Crippen molar-refractivity contribution in [2.75, 3.05) is 4.90 Å². The molecule has 0 fully saturated rings. The number of nitrogens with zero attached hydrogens (tertiary/aromatic N) is 1. The van der Waals surface area contributed by atoms with Gasteiger partial charge in [0.25, 0.3) is 0 Å². The highest BCUT2D eigenvalue weighted by Crippen LogP contribution is 2.59. The zero-order valence-electron chi connectivity index (χ0n) is 37.8. The van der Waals surface area contributed by atoms with Crippen molar-refractivity contribution >= 4 is 39.0 Å². The molecule has 0 radical (unpaired) electrons. The first-order chi connectivity index (χ1) is 34.3. The first-order valence-electron chi connectivity index (χ1n) is 23.8. The number of para-hydroxylation sites is 4. The Balaban J connectivity index is 1.07. The van der Waals surface area contributed by atoms with Gasteiger partial charge in [-0.2, -0.15) is 0 Å². The molecular weight excluding hydrogens is 835 g/mol. The fraction of sp³-hybridized carbons (Fsp3) is 0.0149. The van der Waals surface area contributed by atoms with Crippen LogP contribution in [0.1, 0.15) is 22.3 Å². The lowest BCUT2D eigenvalue weighted by atomic mass is 9.67. The summed E-state index contributed by atoms with van der Waals surface area (Å²) >= 11 is 0. The van der Waals surface area contributed by atoms with Gasteiger partial charge in [0, 0.05) is 27.5 Å². The Morgan fingerprint density at radius 2 is 0.725 bits per heavy atom. The van der Waals surface area contributed by atoms with Crippen LogP contribution in [0.2, 0.25) is 0 Å². The quantitative estimate of drug-likeness (QED) is 0.144. The van der Waals surface area contributed by atoms with E-state index in [0.717, 1.165) is 66.8 Å². The molecule has 0 bridgehead atoms. The summed E-state index contributed by atoms with van der Waals surface area (Å²) in [7, 11) is 0. The number of rotatable bonds is 9. The van der Waals surface area contributed by atoms with E-state index in [-0.39, 0.29) is 0 Å². The SMILES string of the molecule is c1ccc(-c2ccc(-c3ccccc3N(c3ccccc3-c3ccc4oc5ccccc5c4c3)c3ccccc3-c3cccc4c3-c3ccccc3C4(c3ccccc3)c3ccccc3)cc2)cc1. The molecule has 0 saturated carbocycles. The second-order valence-electron chi connectivity index (χ2n) is 17.9. The first-order valence-corrected chi connectivity index (χ1v) is 23.8. The third-order valence-corrected chi connectivity index (χ3v) is 14.2. The van der Waals surface area contributed by atoms with Gasteiger partial charge in [0.2, 0.25) is 0 Å². The van der Waals surface area contributed by atoms with Gasteiger partial charge >= 0.3 is 0 Å². The van der Waals surface area contributed by atoms with Crippen molar-refractivity contribution in [1.29, 1.82) is 0 Å². The minimum Gasteiger partial charge on any atom is -0.456 e. The number of anilines is 3. The summed E-state index contributed by atoms with van der Waals surface area (Å²) in [5, 5.41) is 2.21. The standard InChI is InChI=1S/C67H45NO/c1-4-21-46(22-5-1)47-39-41-48(42-40-47)52-27-11-16-35-61(52)68(62-36-17-12-28-53(62)49-43-44-65-58(45-49)55-30-14-19-38-64(55)69-65)63-37-18-13-29-54(63)56-32-20-34-60-66(56)57-31-10-15-33-59(57)67(60,50-23-6-2-7-24-50)51-25-8-3-9-26-51/h1-45H. The minimum absolute atomic E-state index is 0.528. The largest absolute Gasteiger partial charge is 0.456 e. The Morgan fingerprint density at radius 1 is 0.275 bits per heavy atom. The minimum atomic E-state index is -0.528. The third-order valence-electron chi connectivity index (χ3n) is 14.2. The topological polar surface area (TPSA) is 16.4 Å². The van der Waals surface area contributed by atoms with Gasteiger partial charge in [0.05, 0.1) is 22.5 Å². The maximum Gasteiger partial charge on any atom is 0.135 e. The smallest absolute Gasteiger partial charge is 0.135 e. The van der Waals surface area contributed by atoms with Crippen LogP contribution >= 0.6 is 0 Å². The van der Waals surface area contributed by atoms with Crippen molar-refractivity contribution < 1.29 is 4.42 Å². The number of hydrogen-bond donors (Lipinski definition) is 0. The molecule has 0 unspecified atom stereocenters. The third kappa shape index (κ3) is 6.56. The van der Waals surface area contributed by atoms with Crippen LogP contribution in [0.3, 0.4) is 0 Å². The van der Waals surface area contributed by atoms with Gasteiger partial charge in [-0.3, -0.25) is 0 Å². The highest BCUT2D eigenvalue weighted by atomic mass is 16.3. The normalized spacial score (nSPS) is 12.5. The van der Waals surface area contributed by atoms with Gasteiger partial charge in [-0.15, -0.1) is 0 Å². The Morgan fingerprint density at radius 3 is 1.41 bits per heavy atom. The molecule has 12 aromatic rings. The maximum atomic E-state index is 6.35. The van der Waals surface area contributed by atoms with E-state index in [0.29, 0.717) is 0 Å². The highest BCUT2D eigenvalue weighted by molar-refractivity contribution is 6.08. The predicted molar refractivity (Wildman–Crippen MR) is 287 cm³/mol. The molecule has 13 rings (SSSR count). The molecule has 1 heterocycles. The molecular formula is C67H45NO. The zero-order valence-corrected chi connectivity index (χ0v) is 37.8. The molecule has 2 heteroatoms. The summed E-state index contributed by atoms with van der Waals surface area (Å²) in [6, 6.07) is 99.4. The summed E-state index contributed by atoms with van der Waals surface area (Å²) in [5.74, 6) is 0. The van der Waals surface area contributed by atoms with E-state index in [1.54, 1.807) is 0 Å². The molecule has 11 aromatic carbocycles. The van der Waals surface area contributed by atoms with E-state index in [2.05, 4.69) is 266 Å². The van der Waals surface area contributed by atoms with Crippen LogP contribution in [0, 0.1) is 0 Å². The maximum absolute atomic E-state index is 6.35. The summed E-state index contributed by atoms with van der Waals surface area (Å²) < 4.78 is 6.35. The highest BCUT2D eigenvalue weighted by Gasteiger charge is 2.47. The van der Waals surface area contributed by atoms with Crippen LogP contribution in [0.25, 0.3) is 77.6 Å². The molecule has 324 valence electrons. The van der Waals surface area contributed by atoms with Crippen molar-refractivity contribution in [2.45, 2.75) is 5.41 Å². The van der Waals surface area contributed by atoms with Crippen LogP contribution in [0.5, 0.6) is 0 Å². The van der Waals surface area contributed by atoms with Gasteiger partial charge in [-0.05, 0) is 97.6 Å². The van der Waals surface area contributed by atoms with E-state index in [1.165, 1.54) is 50.1 Å². The van der Waals surface area contributed by atoms with Crippen LogP contribution in [0.15, 0.2) is 277 Å².